The first-order chi connectivity index (χ1) is 14.1. The molecule has 0 radical (unpaired) electrons. The Hall–Kier alpha value is -2.55. The topological polar surface area (TPSA) is 80.3 Å². The summed E-state index contributed by atoms with van der Waals surface area (Å²) < 4.78 is 66.9. The Bertz CT molecular complexity index is 1250. The lowest BCUT2D eigenvalue weighted by Crippen LogP contribution is -2.27. The Labute approximate surface area is 176 Å². The van der Waals surface area contributed by atoms with Gasteiger partial charge in [-0.15, -0.1) is 0 Å². The molecule has 0 fully saturated rings. The highest BCUT2D eigenvalue weighted by molar-refractivity contribution is 7.91. The maximum atomic E-state index is 13.1. The third-order valence-corrected chi connectivity index (χ3v) is 8.08. The van der Waals surface area contributed by atoms with Crippen LogP contribution in [-0.4, -0.2) is 23.4 Å². The fourth-order valence-corrected chi connectivity index (χ4v) is 5.61. The molecule has 0 aliphatic heterocycles. The number of aryl methyl sites for hydroxylation is 2. The van der Waals surface area contributed by atoms with Crippen molar-refractivity contribution in [2.24, 2.45) is 0 Å². The standard InChI is InChI=1S/C22H22FNO4S2/c1-16-3-6-18(7-4-16)13-14-24-30(27,28)22-15-21(10-5-17(22)2)29(25,26)20-11-8-19(23)9-12-20/h3-12,15,24H,13-14H2,1-2H3. The second kappa shape index (κ2) is 8.67. The Kier molecular flexibility index (Phi) is 6.40. The molecule has 0 saturated carbocycles. The molecule has 3 rings (SSSR count). The van der Waals surface area contributed by atoms with Crippen molar-refractivity contribution >= 4 is 19.9 Å². The molecule has 3 aromatic rings. The third-order valence-electron chi connectivity index (χ3n) is 4.71. The van der Waals surface area contributed by atoms with E-state index in [9.17, 15) is 21.2 Å². The fourth-order valence-electron chi connectivity index (χ4n) is 2.95. The Morgan fingerprint density at radius 3 is 2.03 bits per heavy atom. The molecule has 0 spiro atoms. The van der Waals surface area contributed by atoms with E-state index in [-0.39, 0.29) is 21.2 Å². The minimum Gasteiger partial charge on any atom is -0.219 e. The zero-order valence-corrected chi connectivity index (χ0v) is 18.2. The van der Waals surface area contributed by atoms with Crippen molar-refractivity contribution in [3.63, 3.8) is 0 Å². The predicted octanol–water partition coefficient (Wildman–Crippen LogP) is 3.80. The molecule has 0 bridgehead atoms. The molecule has 0 saturated heterocycles. The molecule has 3 aromatic carbocycles. The molecule has 0 aliphatic rings. The van der Waals surface area contributed by atoms with Gasteiger partial charge >= 0.3 is 0 Å². The molecule has 30 heavy (non-hydrogen) atoms. The lowest BCUT2D eigenvalue weighted by atomic mass is 10.1. The Morgan fingerprint density at radius 2 is 1.40 bits per heavy atom. The van der Waals surface area contributed by atoms with Crippen molar-refractivity contribution in [3.05, 3.63) is 89.2 Å². The van der Waals surface area contributed by atoms with Crippen LogP contribution in [0.5, 0.6) is 0 Å². The molecule has 158 valence electrons. The van der Waals surface area contributed by atoms with Crippen LogP contribution in [0.15, 0.2) is 81.4 Å². The maximum Gasteiger partial charge on any atom is 0.240 e. The van der Waals surface area contributed by atoms with E-state index >= 15 is 0 Å². The van der Waals surface area contributed by atoms with Crippen LogP contribution in [0.1, 0.15) is 16.7 Å². The van der Waals surface area contributed by atoms with E-state index in [4.69, 9.17) is 0 Å². The van der Waals surface area contributed by atoms with Gasteiger partial charge < -0.3 is 0 Å². The minimum absolute atomic E-state index is 0.102. The van der Waals surface area contributed by atoms with Crippen LogP contribution in [-0.2, 0) is 26.3 Å². The molecule has 0 heterocycles. The van der Waals surface area contributed by atoms with Crippen molar-refractivity contribution < 1.29 is 21.2 Å². The molecule has 5 nitrogen and oxygen atoms in total. The molecule has 0 aromatic heterocycles. The number of benzene rings is 3. The molecular formula is C22H22FNO4S2. The Balaban J connectivity index is 1.84. The zero-order chi connectivity index (χ0) is 21.9. The van der Waals surface area contributed by atoms with Crippen molar-refractivity contribution in [2.75, 3.05) is 6.54 Å². The summed E-state index contributed by atoms with van der Waals surface area (Å²) in [5.74, 6) is -0.557. The van der Waals surface area contributed by atoms with E-state index in [1.54, 1.807) is 6.92 Å². The van der Waals surface area contributed by atoms with Gasteiger partial charge in [0.1, 0.15) is 5.82 Å². The number of sulfonamides is 1. The van der Waals surface area contributed by atoms with Gasteiger partial charge in [-0.2, -0.15) is 0 Å². The van der Waals surface area contributed by atoms with Crippen LogP contribution in [0.4, 0.5) is 4.39 Å². The maximum absolute atomic E-state index is 13.1. The normalized spacial score (nSPS) is 12.1. The number of nitrogens with one attached hydrogen (secondary N) is 1. The highest BCUT2D eigenvalue weighted by atomic mass is 32.2. The summed E-state index contributed by atoms with van der Waals surface area (Å²) in [7, 11) is -7.90. The van der Waals surface area contributed by atoms with Gasteiger partial charge in [0, 0.05) is 6.54 Å². The van der Waals surface area contributed by atoms with Crippen LogP contribution in [0.25, 0.3) is 0 Å². The lowest BCUT2D eigenvalue weighted by molar-refractivity contribution is 0.580. The van der Waals surface area contributed by atoms with Crippen LogP contribution < -0.4 is 4.72 Å². The average Bonchev–Trinajstić information content (AvgIpc) is 2.70. The summed E-state index contributed by atoms with van der Waals surface area (Å²) in [6.45, 7) is 3.75. The average molecular weight is 448 g/mol. The van der Waals surface area contributed by atoms with E-state index in [2.05, 4.69) is 4.72 Å². The number of hydrogen-bond acceptors (Lipinski definition) is 4. The van der Waals surface area contributed by atoms with Gasteiger partial charge in [0.05, 0.1) is 14.7 Å². The summed E-state index contributed by atoms with van der Waals surface area (Å²) in [5.41, 5.74) is 2.54. The van der Waals surface area contributed by atoms with Gasteiger partial charge in [-0.25, -0.2) is 25.9 Å². The molecule has 0 atom stereocenters. The largest absolute Gasteiger partial charge is 0.240 e. The van der Waals surface area contributed by atoms with Crippen LogP contribution >= 0.6 is 0 Å². The molecular weight excluding hydrogens is 425 g/mol. The summed E-state index contributed by atoms with van der Waals surface area (Å²) in [6, 6.07) is 16.1. The number of hydrogen-bond donors (Lipinski definition) is 1. The second-order valence-electron chi connectivity index (χ2n) is 7.02. The van der Waals surface area contributed by atoms with E-state index in [1.807, 2.05) is 31.2 Å². The van der Waals surface area contributed by atoms with E-state index in [0.29, 0.717) is 12.0 Å². The summed E-state index contributed by atoms with van der Waals surface area (Å²) in [6.07, 6.45) is 0.506. The first kappa shape index (κ1) is 22.1. The van der Waals surface area contributed by atoms with Crippen molar-refractivity contribution in [1.82, 2.24) is 4.72 Å². The molecule has 0 aliphatic carbocycles. The molecule has 0 unspecified atom stereocenters. The third kappa shape index (κ3) is 4.95. The number of sulfone groups is 1. The minimum atomic E-state index is -3.98. The SMILES string of the molecule is Cc1ccc(CCNS(=O)(=O)c2cc(S(=O)(=O)c3ccc(F)cc3)ccc2C)cc1. The smallest absolute Gasteiger partial charge is 0.219 e. The van der Waals surface area contributed by atoms with Gasteiger partial charge in [-0.3, -0.25) is 0 Å². The predicted molar refractivity (Wildman–Crippen MR) is 113 cm³/mol. The quantitative estimate of drug-likeness (QED) is 0.559. The zero-order valence-electron chi connectivity index (χ0n) is 16.6. The van der Waals surface area contributed by atoms with Crippen LogP contribution in [0.3, 0.4) is 0 Å². The molecule has 8 heteroatoms. The first-order valence-corrected chi connectivity index (χ1v) is 12.2. The second-order valence-corrected chi connectivity index (χ2v) is 10.7. The van der Waals surface area contributed by atoms with E-state index in [1.165, 1.54) is 12.1 Å². The van der Waals surface area contributed by atoms with Crippen molar-refractivity contribution in [1.29, 1.82) is 0 Å². The summed E-state index contributed by atoms with van der Waals surface area (Å²) in [4.78, 5) is -0.378. The van der Waals surface area contributed by atoms with Crippen molar-refractivity contribution in [2.45, 2.75) is 35.0 Å². The summed E-state index contributed by atoms with van der Waals surface area (Å²) in [5, 5.41) is 0. The Morgan fingerprint density at radius 1 is 0.800 bits per heavy atom. The van der Waals surface area contributed by atoms with Gasteiger partial charge in [0.2, 0.25) is 19.9 Å². The highest BCUT2D eigenvalue weighted by Gasteiger charge is 2.23. The van der Waals surface area contributed by atoms with E-state index in [0.717, 1.165) is 41.5 Å². The first-order valence-electron chi connectivity index (χ1n) is 9.26. The number of rotatable bonds is 7. The van der Waals surface area contributed by atoms with Gasteiger partial charge in [0.15, 0.2) is 0 Å². The fraction of sp³-hybridized carbons (Fsp3) is 0.182. The van der Waals surface area contributed by atoms with Crippen LogP contribution in [0, 0.1) is 19.7 Å². The van der Waals surface area contributed by atoms with Crippen LogP contribution in [0.2, 0.25) is 0 Å². The molecule has 0 amide bonds. The van der Waals surface area contributed by atoms with Crippen molar-refractivity contribution in [3.8, 4) is 0 Å². The lowest BCUT2D eigenvalue weighted by Gasteiger charge is -2.12. The van der Waals surface area contributed by atoms with Gasteiger partial charge in [0.25, 0.3) is 0 Å². The van der Waals surface area contributed by atoms with Gasteiger partial charge in [-0.05, 0) is 67.8 Å². The number of halogens is 1. The van der Waals surface area contributed by atoms with Gasteiger partial charge in [-0.1, -0.05) is 35.9 Å². The highest BCUT2D eigenvalue weighted by Crippen LogP contribution is 2.25. The summed E-state index contributed by atoms with van der Waals surface area (Å²) >= 11 is 0. The molecule has 1 N–H and O–H groups in total. The monoisotopic (exact) mass is 447 g/mol. The van der Waals surface area contributed by atoms with E-state index < -0.39 is 25.7 Å².